The predicted octanol–water partition coefficient (Wildman–Crippen LogP) is 3.46. The number of benzene rings is 1. The number of hydrogen-bond acceptors (Lipinski definition) is 5. The van der Waals surface area contributed by atoms with E-state index in [1.54, 1.807) is 31.0 Å². The second-order valence-electron chi connectivity index (χ2n) is 7.79. The Balaban J connectivity index is 2.08. The van der Waals surface area contributed by atoms with Crippen LogP contribution in [0.1, 0.15) is 26.0 Å². The van der Waals surface area contributed by atoms with E-state index in [1.807, 2.05) is 32.9 Å². The molecule has 3 rings (SSSR count). The molecule has 0 saturated carbocycles. The van der Waals surface area contributed by atoms with Crippen molar-refractivity contribution in [2.24, 2.45) is 13.0 Å². The van der Waals surface area contributed by atoms with Crippen LogP contribution in [0, 0.1) is 12.8 Å². The number of rotatable bonds is 7. The first-order valence-corrected chi connectivity index (χ1v) is 9.81. The van der Waals surface area contributed by atoms with E-state index in [-0.39, 0.29) is 18.2 Å². The zero-order chi connectivity index (χ0) is 22.0. The molecule has 0 radical (unpaired) electrons. The molecule has 2 aromatic heterocycles. The highest BCUT2D eigenvalue weighted by Gasteiger charge is 2.18. The van der Waals surface area contributed by atoms with E-state index in [2.05, 4.69) is 10.3 Å². The van der Waals surface area contributed by atoms with E-state index in [9.17, 15) is 9.59 Å². The predicted molar refractivity (Wildman–Crippen MR) is 116 cm³/mol. The van der Waals surface area contributed by atoms with Gasteiger partial charge in [-0.15, -0.1) is 0 Å². The summed E-state index contributed by atoms with van der Waals surface area (Å²) in [4.78, 5) is 28.3. The van der Waals surface area contributed by atoms with Gasteiger partial charge < -0.3 is 24.5 Å². The van der Waals surface area contributed by atoms with Crippen LogP contribution in [0.3, 0.4) is 0 Å². The Morgan fingerprint density at radius 1 is 1.27 bits per heavy atom. The summed E-state index contributed by atoms with van der Waals surface area (Å²) in [6.45, 7) is 6.00. The van der Waals surface area contributed by atoms with Gasteiger partial charge in [0.25, 0.3) is 5.56 Å². The summed E-state index contributed by atoms with van der Waals surface area (Å²) in [6, 6.07) is 5.06. The third kappa shape index (κ3) is 4.17. The molecule has 0 aliphatic rings. The van der Waals surface area contributed by atoms with Crippen LogP contribution in [0.25, 0.3) is 21.7 Å². The monoisotopic (exact) mass is 413 g/mol. The lowest BCUT2D eigenvalue weighted by molar-refractivity contribution is 0.175. The first kappa shape index (κ1) is 21.4. The van der Waals surface area contributed by atoms with E-state index < -0.39 is 6.09 Å². The van der Waals surface area contributed by atoms with Crippen molar-refractivity contribution >= 4 is 27.8 Å². The molecule has 1 amide bonds. The lowest BCUT2D eigenvalue weighted by Crippen LogP contribution is -2.39. The van der Waals surface area contributed by atoms with Crippen molar-refractivity contribution in [2.75, 3.05) is 13.7 Å². The number of fused-ring (bicyclic) bond motifs is 3. The molecule has 2 N–H and O–H groups in total. The fourth-order valence-electron chi connectivity index (χ4n) is 3.76. The van der Waals surface area contributed by atoms with E-state index in [0.717, 1.165) is 10.8 Å². The third-order valence-electron chi connectivity index (χ3n) is 5.12. The molecule has 1 aromatic carbocycles. The molecule has 0 fully saturated rings. The minimum Gasteiger partial charge on any atom is -0.493 e. The van der Waals surface area contributed by atoms with Gasteiger partial charge in [0.2, 0.25) is 0 Å². The van der Waals surface area contributed by atoms with Crippen LogP contribution in [0.5, 0.6) is 11.5 Å². The molecule has 3 aromatic rings. The average molecular weight is 413 g/mol. The van der Waals surface area contributed by atoms with Gasteiger partial charge in [-0.25, -0.2) is 4.79 Å². The number of methoxy groups -OCH3 is 1. The standard InChI is InChI=1S/C22H27N3O5/c1-12(2)8-14(24-22(27)28)11-30-19-10-17-16(9-18(19)29-5)15-6-7-23-13(3)20(15)21(26)25(17)4/h6-7,9-10,12,14,24H,8,11H2,1-5H3,(H,27,28). The van der Waals surface area contributed by atoms with Gasteiger partial charge in [0.15, 0.2) is 11.5 Å². The maximum atomic E-state index is 12.9. The van der Waals surface area contributed by atoms with Gasteiger partial charge in [0, 0.05) is 30.1 Å². The van der Waals surface area contributed by atoms with Crippen LogP contribution in [-0.2, 0) is 7.05 Å². The summed E-state index contributed by atoms with van der Waals surface area (Å²) < 4.78 is 13.1. The highest BCUT2D eigenvalue weighted by Crippen LogP contribution is 2.35. The normalized spacial score (nSPS) is 12.3. The minimum absolute atomic E-state index is 0.135. The van der Waals surface area contributed by atoms with E-state index >= 15 is 0 Å². The van der Waals surface area contributed by atoms with Crippen molar-refractivity contribution in [3.63, 3.8) is 0 Å². The van der Waals surface area contributed by atoms with E-state index in [4.69, 9.17) is 14.6 Å². The second-order valence-corrected chi connectivity index (χ2v) is 7.79. The van der Waals surface area contributed by atoms with Crippen molar-refractivity contribution < 1.29 is 19.4 Å². The first-order valence-electron chi connectivity index (χ1n) is 9.81. The first-order chi connectivity index (χ1) is 14.2. The Morgan fingerprint density at radius 2 is 2.00 bits per heavy atom. The number of carbonyl (C=O) groups is 1. The summed E-state index contributed by atoms with van der Waals surface area (Å²) in [7, 11) is 3.26. The maximum Gasteiger partial charge on any atom is 0.404 e. The number of nitrogens with one attached hydrogen (secondary N) is 1. The summed E-state index contributed by atoms with van der Waals surface area (Å²) in [5, 5.41) is 13.8. The minimum atomic E-state index is -1.09. The van der Waals surface area contributed by atoms with Crippen LogP contribution in [0.4, 0.5) is 4.79 Å². The lowest BCUT2D eigenvalue weighted by Gasteiger charge is -2.21. The second kappa shape index (κ2) is 8.61. The Bertz CT molecular complexity index is 1150. The molecular formula is C22H27N3O5. The molecule has 30 heavy (non-hydrogen) atoms. The van der Waals surface area contributed by atoms with Crippen LogP contribution in [0.2, 0.25) is 0 Å². The molecule has 8 heteroatoms. The van der Waals surface area contributed by atoms with Gasteiger partial charge in [-0.1, -0.05) is 13.8 Å². The van der Waals surface area contributed by atoms with Gasteiger partial charge in [-0.3, -0.25) is 9.78 Å². The Kier molecular flexibility index (Phi) is 6.14. The van der Waals surface area contributed by atoms with Gasteiger partial charge in [-0.05, 0) is 31.4 Å². The fraction of sp³-hybridized carbons (Fsp3) is 0.409. The number of aromatic nitrogens is 2. The Labute approximate surface area is 174 Å². The zero-order valence-electron chi connectivity index (χ0n) is 17.9. The molecule has 0 spiro atoms. The number of carboxylic acid groups (broad SMARTS) is 1. The summed E-state index contributed by atoms with van der Waals surface area (Å²) >= 11 is 0. The highest BCUT2D eigenvalue weighted by molar-refractivity contribution is 6.07. The zero-order valence-corrected chi connectivity index (χ0v) is 17.9. The Hall–Kier alpha value is -3.29. The smallest absolute Gasteiger partial charge is 0.404 e. The molecule has 8 nitrogen and oxygen atoms in total. The molecule has 0 bridgehead atoms. The molecule has 1 atom stereocenters. The maximum absolute atomic E-state index is 12.9. The van der Waals surface area contributed by atoms with Gasteiger partial charge in [0.05, 0.1) is 29.7 Å². The lowest BCUT2D eigenvalue weighted by atomic mass is 10.0. The van der Waals surface area contributed by atoms with Gasteiger partial charge in [0.1, 0.15) is 6.61 Å². The van der Waals surface area contributed by atoms with Crippen molar-refractivity contribution in [1.82, 2.24) is 14.9 Å². The van der Waals surface area contributed by atoms with Crippen LogP contribution < -0.4 is 20.3 Å². The molecule has 1 unspecified atom stereocenters. The largest absolute Gasteiger partial charge is 0.493 e. The van der Waals surface area contributed by atoms with Crippen molar-refractivity contribution in [3.05, 3.63) is 40.4 Å². The SMILES string of the molecule is COc1cc2c3ccnc(C)c3c(=O)n(C)c2cc1OCC(CC(C)C)NC(=O)O. The number of pyridine rings is 2. The topological polar surface area (TPSA) is 103 Å². The quantitative estimate of drug-likeness (QED) is 0.575. The van der Waals surface area contributed by atoms with Crippen molar-refractivity contribution in [3.8, 4) is 11.5 Å². The molecule has 160 valence electrons. The molecule has 0 aliphatic heterocycles. The van der Waals surface area contributed by atoms with Gasteiger partial charge in [-0.2, -0.15) is 0 Å². The third-order valence-corrected chi connectivity index (χ3v) is 5.12. The molecule has 0 aliphatic carbocycles. The summed E-state index contributed by atoms with van der Waals surface area (Å²) in [5.41, 5.74) is 1.23. The van der Waals surface area contributed by atoms with Crippen molar-refractivity contribution in [2.45, 2.75) is 33.2 Å². The van der Waals surface area contributed by atoms with Crippen LogP contribution >= 0.6 is 0 Å². The van der Waals surface area contributed by atoms with E-state index in [0.29, 0.717) is 40.4 Å². The number of ether oxygens (including phenoxy) is 2. The molecular weight excluding hydrogens is 386 g/mol. The number of aryl methyl sites for hydroxylation is 2. The molecule has 0 saturated heterocycles. The average Bonchev–Trinajstić information content (AvgIpc) is 2.68. The van der Waals surface area contributed by atoms with E-state index in [1.165, 1.54) is 0 Å². The fourth-order valence-corrected chi connectivity index (χ4v) is 3.76. The summed E-state index contributed by atoms with van der Waals surface area (Å²) in [6.07, 6.45) is 1.23. The van der Waals surface area contributed by atoms with Crippen LogP contribution in [0.15, 0.2) is 29.2 Å². The summed E-state index contributed by atoms with van der Waals surface area (Å²) in [5.74, 6) is 1.26. The Morgan fingerprint density at radius 3 is 2.63 bits per heavy atom. The van der Waals surface area contributed by atoms with Crippen LogP contribution in [-0.4, -0.2) is 40.5 Å². The number of hydrogen-bond donors (Lipinski definition) is 2. The van der Waals surface area contributed by atoms with Crippen molar-refractivity contribution in [1.29, 1.82) is 0 Å². The number of nitrogens with zero attached hydrogens (tertiary/aromatic N) is 2. The van der Waals surface area contributed by atoms with Gasteiger partial charge >= 0.3 is 6.09 Å². The molecule has 2 heterocycles. The number of amides is 1. The highest BCUT2D eigenvalue weighted by atomic mass is 16.5.